The molecule has 0 aromatic carbocycles. The third-order valence-corrected chi connectivity index (χ3v) is 4.47. The summed E-state index contributed by atoms with van der Waals surface area (Å²) in [6.07, 6.45) is 6.55. The van der Waals surface area contributed by atoms with Crippen molar-refractivity contribution >= 4 is 5.91 Å². The summed E-state index contributed by atoms with van der Waals surface area (Å²) < 4.78 is 0. The number of carbonyl (C=O) groups excluding carboxylic acids is 1. The Bertz CT molecular complexity index is 442. The van der Waals surface area contributed by atoms with E-state index in [1.807, 2.05) is 11.8 Å². The van der Waals surface area contributed by atoms with Crippen LogP contribution in [-0.4, -0.2) is 58.1 Å². The zero-order valence-corrected chi connectivity index (χ0v) is 11.6. The molecule has 2 aliphatic heterocycles. The van der Waals surface area contributed by atoms with Gasteiger partial charge in [0.2, 0.25) is 0 Å². The molecule has 1 aromatic heterocycles. The van der Waals surface area contributed by atoms with Crippen LogP contribution in [0.1, 0.15) is 41.7 Å². The first-order valence-corrected chi connectivity index (χ1v) is 7.29. The molecule has 1 amide bonds. The number of aromatic nitrogens is 2. The fourth-order valence-corrected chi connectivity index (χ4v) is 3.28. The van der Waals surface area contributed by atoms with Gasteiger partial charge in [0.25, 0.3) is 5.91 Å². The number of amides is 1. The molecule has 0 aliphatic carbocycles. The summed E-state index contributed by atoms with van der Waals surface area (Å²) in [7, 11) is 0. The van der Waals surface area contributed by atoms with Crippen LogP contribution in [0.4, 0.5) is 0 Å². The Hall–Kier alpha value is -1.36. The van der Waals surface area contributed by atoms with Crippen LogP contribution in [0, 0.1) is 6.92 Å². The molecule has 2 saturated heterocycles. The highest BCUT2D eigenvalue weighted by Gasteiger charge is 2.29. The normalized spacial score (nSPS) is 22.1. The molecule has 0 spiro atoms. The second-order valence-electron chi connectivity index (χ2n) is 5.68. The largest absolute Gasteiger partial charge is 0.338 e. The molecule has 3 rings (SSSR count). The smallest absolute Gasteiger partial charge is 0.257 e. The third kappa shape index (κ3) is 2.52. The highest BCUT2D eigenvalue weighted by atomic mass is 16.2. The van der Waals surface area contributed by atoms with Crippen molar-refractivity contribution in [3.8, 4) is 0 Å². The first kappa shape index (κ1) is 12.7. The van der Waals surface area contributed by atoms with Crippen LogP contribution >= 0.6 is 0 Å². The zero-order valence-electron chi connectivity index (χ0n) is 11.6. The number of nitrogens with zero attached hydrogens (tertiary/aromatic N) is 3. The van der Waals surface area contributed by atoms with Gasteiger partial charge < -0.3 is 9.80 Å². The molecule has 19 heavy (non-hydrogen) atoms. The maximum absolute atomic E-state index is 12.4. The molecule has 0 saturated carbocycles. The van der Waals surface area contributed by atoms with Gasteiger partial charge in [0.1, 0.15) is 0 Å². The van der Waals surface area contributed by atoms with Gasteiger partial charge >= 0.3 is 0 Å². The average Bonchev–Trinajstić information content (AvgIpc) is 3.09. The van der Waals surface area contributed by atoms with E-state index in [2.05, 4.69) is 15.1 Å². The number of likely N-dealkylation sites (tertiary alicyclic amines) is 2. The molecule has 104 valence electrons. The maximum Gasteiger partial charge on any atom is 0.257 e. The van der Waals surface area contributed by atoms with E-state index >= 15 is 0 Å². The van der Waals surface area contributed by atoms with E-state index in [1.54, 1.807) is 6.20 Å². The van der Waals surface area contributed by atoms with Crippen molar-refractivity contribution in [2.45, 2.75) is 38.6 Å². The van der Waals surface area contributed by atoms with Gasteiger partial charge in [-0.2, -0.15) is 5.10 Å². The second kappa shape index (κ2) is 5.33. The van der Waals surface area contributed by atoms with Gasteiger partial charge in [0.05, 0.1) is 11.8 Å². The number of hydrogen-bond acceptors (Lipinski definition) is 3. The predicted molar refractivity (Wildman–Crippen MR) is 73.1 cm³/mol. The fraction of sp³-hybridized carbons (Fsp3) is 0.714. The van der Waals surface area contributed by atoms with E-state index in [4.69, 9.17) is 0 Å². The van der Waals surface area contributed by atoms with Crippen molar-refractivity contribution in [3.63, 3.8) is 0 Å². The number of nitrogens with one attached hydrogen (secondary N) is 1. The molecule has 1 N–H and O–H groups in total. The van der Waals surface area contributed by atoms with Crippen molar-refractivity contribution in [1.29, 1.82) is 0 Å². The lowest BCUT2D eigenvalue weighted by atomic mass is 10.0. The highest BCUT2D eigenvalue weighted by molar-refractivity contribution is 5.95. The van der Waals surface area contributed by atoms with Crippen molar-refractivity contribution in [2.75, 3.05) is 26.2 Å². The number of piperidine rings is 1. The van der Waals surface area contributed by atoms with E-state index in [0.29, 0.717) is 6.04 Å². The zero-order chi connectivity index (χ0) is 13.2. The van der Waals surface area contributed by atoms with E-state index in [-0.39, 0.29) is 5.91 Å². The van der Waals surface area contributed by atoms with Gasteiger partial charge in [-0.15, -0.1) is 0 Å². The van der Waals surface area contributed by atoms with Crippen LogP contribution in [0.5, 0.6) is 0 Å². The summed E-state index contributed by atoms with van der Waals surface area (Å²) >= 11 is 0. The fourth-order valence-electron chi connectivity index (χ4n) is 3.28. The molecule has 3 heterocycles. The molecular formula is C14H22N4O. The molecule has 0 radical (unpaired) electrons. The van der Waals surface area contributed by atoms with Crippen LogP contribution in [0.25, 0.3) is 0 Å². The number of rotatable bonds is 2. The van der Waals surface area contributed by atoms with E-state index < -0.39 is 0 Å². The summed E-state index contributed by atoms with van der Waals surface area (Å²) in [5.74, 6) is 0.131. The molecule has 0 atom stereocenters. The minimum atomic E-state index is 0.131. The van der Waals surface area contributed by atoms with Crippen LogP contribution in [0.2, 0.25) is 0 Å². The lowest BCUT2D eigenvalue weighted by molar-refractivity contribution is 0.0644. The summed E-state index contributed by atoms with van der Waals surface area (Å²) in [6, 6.07) is 0.692. The number of aromatic amines is 1. The monoisotopic (exact) mass is 262 g/mol. The minimum absolute atomic E-state index is 0.131. The molecule has 5 nitrogen and oxygen atoms in total. The SMILES string of the molecule is Cc1[nH]ncc1C(=O)N1CCC(N2CCCC2)CC1. The topological polar surface area (TPSA) is 52.2 Å². The molecule has 5 heteroatoms. The van der Waals surface area contributed by atoms with Crippen molar-refractivity contribution in [1.82, 2.24) is 20.0 Å². The van der Waals surface area contributed by atoms with Crippen LogP contribution in [-0.2, 0) is 0 Å². The average molecular weight is 262 g/mol. The Morgan fingerprint density at radius 3 is 2.53 bits per heavy atom. The van der Waals surface area contributed by atoms with Crippen LogP contribution < -0.4 is 0 Å². The van der Waals surface area contributed by atoms with E-state index in [9.17, 15) is 4.79 Å². The van der Waals surface area contributed by atoms with Gasteiger partial charge in [-0.25, -0.2) is 0 Å². The summed E-state index contributed by atoms with van der Waals surface area (Å²) in [4.78, 5) is 16.9. The van der Waals surface area contributed by atoms with E-state index in [0.717, 1.165) is 37.2 Å². The third-order valence-electron chi connectivity index (χ3n) is 4.47. The first-order chi connectivity index (χ1) is 9.25. The van der Waals surface area contributed by atoms with Crippen molar-refractivity contribution < 1.29 is 4.79 Å². The Morgan fingerprint density at radius 1 is 1.26 bits per heavy atom. The summed E-state index contributed by atoms with van der Waals surface area (Å²) in [5.41, 5.74) is 1.59. The standard InChI is InChI=1S/C14H22N4O/c1-11-13(10-15-16-11)14(19)18-8-4-12(5-9-18)17-6-2-3-7-17/h10,12H,2-9H2,1H3,(H,15,16). The molecule has 1 aromatic rings. The summed E-state index contributed by atoms with van der Waals surface area (Å²) in [6.45, 7) is 6.16. The second-order valence-corrected chi connectivity index (χ2v) is 5.68. The van der Waals surface area contributed by atoms with Crippen LogP contribution in [0.3, 0.4) is 0 Å². The molecular weight excluding hydrogens is 240 g/mol. The Balaban J connectivity index is 1.58. The Kier molecular flexibility index (Phi) is 3.55. The quantitative estimate of drug-likeness (QED) is 0.877. The van der Waals surface area contributed by atoms with Gasteiger partial charge in [0, 0.05) is 24.8 Å². The highest BCUT2D eigenvalue weighted by Crippen LogP contribution is 2.22. The molecule has 2 aliphatic rings. The maximum atomic E-state index is 12.4. The Labute approximate surface area is 114 Å². The number of carbonyl (C=O) groups is 1. The molecule has 0 unspecified atom stereocenters. The van der Waals surface area contributed by atoms with Gasteiger partial charge in [-0.1, -0.05) is 0 Å². The summed E-state index contributed by atoms with van der Waals surface area (Å²) in [5, 5.41) is 6.77. The van der Waals surface area contributed by atoms with Crippen molar-refractivity contribution in [2.24, 2.45) is 0 Å². The number of aryl methyl sites for hydroxylation is 1. The Morgan fingerprint density at radius 2 is 1.95 bits per heavy atom. The lowest BCUT2D eigenvalue weighted by Gasteiger charge is -2.36. The van der Waals surface area contributed by atoms with Gasteiger partial charge in [-0.05, 0) is 45.7 Å². The lowest BCUT2D eigenvalue weighted by Crippen LogP contribution is -2.45. The van der Waals surface area contributed by atoms with Gasteiger partial charge in [0.15, 0.2) is 0 Å². The predicted octanol–water partition coefficient (Wildman–Crippen LogP) is 1.42. The molecule has 0 bridgehead atoms. The minimum Gasteiger partial charge on any atom is -0.338 e. The first-order valence-electron chi connectivity index (χ1n) is 7.29. The number of hydrogen-bond donors (Lipinski definition) is 1. The number of H-pyrrole nitrogens is 1. The van der Waals surface area contributed by atoms with Gasteiger partial charge in [-0.3, -0.25) is 9.89 Å². The van der Waals surface area contributed by atoms with Crippen molar-refractivity contribution in [3.05, 3.63) is 17.5 Å². The van der Waals surface area contributed by atoms with Crippen LogP contribution in [0.15, 0.2) is 6.20 Å². The molecule has 2 fully saturated rings. The van der Waals surface area contributed by atoms with E-state index in [1.165, 1.54) is 25.9 Å².